The van der Waals surface area contributed by atoms with Gasteiger partial charge in [-0.25, -0.2) is 0 Å². The van der Waals surface area contributed by atoms with E-state index >= 15 is 0 Å². The Kier molecular flexibility index (Phi) is 3.35. The Morgan fingerprint density at radius 3 is 2.75 bits per heavy atom. The Morgan fingerprint density at radius 2 is 2.25 bits per heavy atom. The van der Waals surface area contributed by atoms with E-state index in [4.69, 9.17) is 4.42 Å². The van der Waals surface area contributed by atoms with Gasteiger partial charge < -0.3 is 9.73 Å². The molecule has 0 amide bonds. The van der Waals surface area contributed by atoms with Crippen LogP contribution in [0.3, 0.4) is 0 Å². The molecule has 2 nitrogen and oxygen atoms in total. The third-order valence-corrected chi connectivity index (χ3v) is 1.89. The molecule has 0 aliphatic rings. The van der Waals surface area contributed by atoms with Crippen LogP contribution in [0.15, 0.2) is 16.5 Å². The highest BCUT2D eigenvalue weighted by Gasteiger charge is 2.06. The van der Waals surface area contributed by atoms with Crippen LogP contribution in [0.1, 0.15) is 37.8 Å². The van der Waals surface area contributed by atoms with Crippen molar-refractivity contribution < 1.29 is 4.42 Å². The van der Waals surface area contributed by atoms with Gasteiger partial charge in [0.1, 0.15) is 11.5 Å². The van der Waals surface area contributed by atoms with Gasteiger partial charge in [0.2, 0.25) is 0 Å². The summed E-state index contributed by atoms with van der Waals surface area (Å²) >= 11 is 0. The summed E-state index contributed by atoms with van der Waals surface area (Å²) in [7, 11) is 0. The fraction of sp³-hybridized carbons (Fsp3) is 0.600. The lowest BCUT2D eigenvalue weighted by atomic mass is 10.2. The number of rotatable bonds is 4. The lowest BCUT2D eigenvalue weighted by Crippen LogP contribution is -2.18. The summed E-state index contributed by atoms with van der Waals surface area (Å²) in [5.74, 6) is 2.01. The van der Waals surface area contributed by atoms with Crippen molar-refractivity contribution in [2.45, 2.75) is 33.2 Å². The van der Waals surface area contributed by atoms with Crippen LogP contribution in [-0.4, -0.2) is 6.54 Å². The summed E-state index contributed by atoms with van der Waals surface area (Å²) in [4.78, 5) is 0. The van der Waals surface area contributed by atoms with Crippen LogP contribution in [0.2, 0.25) is 0 Å². The average molecular weight is 167 g/mol. The fourth-order valence-electron chi connectivity index (χ4n) is 1.15. The van der Waals surface area contributed by atoms with Crippen molar-refractivity contribution in [2.24, 2.45) is 0 Å². The number of hydrogen-bond acceptors (Lipinski definition) is 2. The maximum Gasteiger partial charge on any atom is 0.120 e. The van der Waals surface area contributed by atoms with Crippen molar-refractivity contribution in [3.8, 4) is 0 Å². The van der Waals surface area contributed by atoms with Crippen LogP contribution in [-0.2, 0) is 0 Å². The van der Waals surface area contributed by atoms with E-state index in [0.717, 1.165) is 24.5 Å². The zero-order chi connectivity index (χ0) is 8.97. The van der Waals surface area contributed by atoms with Crippen LogP contribution >= 0.6 is 0 Å². The highest BCUT2D eigenvalue weighted by Crippen LogP contribution is 2.14. The molecule has 68 valence electrons. The van der Waals surface area contributed by atoms with Gasteiger partial charge in [-0.3, -0.25) is 0 Å². The highest BCUT2D eigenvalue weighted by molar-refractivity contribution is 5.08. The normalized spacial score (nSPS) is 13.2. The van der Waals surface area contributed by atoms with Gasteiger partial charge in [0.25, 0.3) is 0 Å². The van der Waals surface area contributed by atoms with Crippen LogP contribution in [0.5, 0.6) is 0 Å². The largest absolute Gasteiger partial charge is 0.465 e. The summed E-state index contributed by atoms with van der Waals surface area (Å²) in [6, 6.07) is 4.36. The average Bonchev–Trinajstić information content (AvgIpc) is 2.47. The smallest absolute Gasteiger partial charge is 0.120 e. The summed E-state index contributed by atoms with van der Waals surface area (Å²) in [5, 5.41) is 3.37. The first kappa shape index (κ1) is 9.33. The fourth-order valence-corrected chi connectivity index (χ4v) is 1.15. The molecule has 1 aromatic heterocycles. The Labute approximate surface area is 74.0 Å². The Balaban J connectivity index is 2.47. The van der Waals surface area contributed by atoms with E-state index in [1.54, 1.807) is 0 Å². The molecule has 2 heteroatoms. The second kappa shape index (κ2) is 4.31. The molecule has 0 saturated carbocycles. The molecule has 0 aliphatic carbocycles. The number of aryl methyl sites for hydroxylation is 1. The van der Waals surface area contributed by atoms with E-state index in [-0.39, 0.29) is 0 Å². The molecular formula is C10H17NO. The van der Waals surface area contributed by atoms with Crippen LogP contribution in [0.25, 0.3) is 0 Å². The van der Waals surface area contributed by atoms with Crippen LogP contribution in [0.4, 0.5) is 0 Å². The molecule has 0 aromatic carbocycles. The van der Waals surface area contributed by atoms with Crippen molar-refractivity contribution >= 4 is 0 Å². The van der Waals surface area contributed by atoms with Gasteiger partial charge in [-0.15, -0.1) is 0 Å². The Bertz CT molecular complexity index is 229. The monoisotopic (exact) mass is 167 g/mol. The second-order valence-electron chi connectivity index (χ2n) is 3.12. The van der Waals surface area contributed by atoms with E-state index < -0.39 is 0 Å². The molecule has 1 heterocycles. The van der Waals surface area contributed by atoms with E-state index in [0.29, 0.717) is 6.04 Å². The zero-order valence-corrected chi connectivity index (χ0v) is 8.05. The van der Waals surface area contributed by atoms with E-state index in [9.17, 15) is 0 Å². The van der Waals surface area contributed by atoms with Gasteiger partial charge in [0.15, 0.2) is 0 Å². The standard InChI is InChI=1S/C10H17NO/c1-4-7-11-9(3)10-6-5-8(2)12-10/h5-6,9,11H,4,7H2,1-3H3. The first-order valence-corrected chi connectivity index (χ1v) is 4.53. The SMILES string of the molecule is CCCNC(C)c1ccc(C)o1. The molecule has 1 atom stereocenters. The lowest BCUT2D eigenvalue weighted by molar-refractivity contribution is 0.417. The quantitative estimate of drug-likeness (QED) is 0.745. The molecule has 12 heavy (non-hydrogen) atoms. The summed E-state index contributed by atoms with van der Waals surface area (Å²) < 4.78 is 5.48. The van der Waals surface area contributed by atoms with E-state index in [1.165, 1.54) is 0 Å². The van der Waals surface area contributed by atoms with Gasteiger partial charge in [-0.2, -0.15) is 0 Å². The summed E-state index contributed by atoms with van der Waals surface area (Å²) in [5.41, 5.74) is 0. The van der Waals surface area contributed by atoms with Crippen molar-refractivity contribution in [1.29, 1.82) is 0 Å². The molecule has 0 fully saturated rings. The minimum absolute atomic E-state index is 0.332. The summed E-state index contributed by atoms with van der Waals surface area (Å²) in [6.07, 6.45) is 1.16. The Hall–Kier alpha value is -0.760. The van der Waals surface area contributed by atoms with Crippen molar-refractivity contribution in [1.82, 2.24) is 5.32 Å². The maximum atomic E-state index is 5.48. The number of nitrogens with one attached hydrogen (secondary N) is 1. The molecule has 0 aliphatic heterocycles. The van der Waals surface area contributed by atoms with Crippen LogP contribution in [0, 0.1) is 6.92 Å². The predicted octanol–water partition coefficient (Wildman–Crippen LogP) is 2.65. The first-order chi connectivity index (χ1) is 5.74. The first-order valence-electron chi connectivity index (χ1n) is 4.53. The molecular weight excluding hydrogens is 150 g/mol. The molecule has 0 bridgehead atoms. The van der Waals surface area contributed by atoms with Crippen molar-refractivity contribution in [3.05, 3.63) is 23.7 Å². The second-order valence-corrected chi connectivity index (χ2v) is 3.12. The summed E-state index contributed by atoms with van der Waals surface area (Å²) in [6.45, 7) is 7.29. The molecule has 1 aromatic rings. The molecule has 0 radical (unpaired) electrons. The third kappa shape index (κ3) is 2.38. The molecule has 1 N–H and O–H groups in total. The topological polar surface area (TPSA) is 25.2 Å². The molecule has 0 saturated heterocycles. The maximum absolute atomic E-state index is 5.48. The zero-order valence-electron chi connectivity index (χ0n) is 8.05. The number of furan rings is 1. The highest BCUT2D eigenvalue weighted by atomic mass is 16.3. The minimum Gasteiger partial charge on any atom is -0.465 e. The number of hydrogen-bond donors (Lipinski definition) is 1. The van der Waals surface area contributed by atoms with Gasteiger partial charge >= 0.3 is 0 Å². The van der Waals surface area contributed by atoms with E-state index in [1.807, 2.05) is 19.1 Å². The van der Waals surface area contributed by atoms with Gasteiger partial charge in [0.05, 0.1) is 6.04 Å². The molecule has 1 rings (SSSR count). The van der Waals surface area contributed by atoms with Crippen molar-refractivity contribution in [2.75, 3.05) is 6.54 Å². The molecule has 0 spiro atoms. The third-order valence-electron chi connectivity index (χ3n) is 1.89. The van der Waals surface area contributed by atoms with Gasteiger partial charge in [-0.05, 0) is 38.9 Å². The Morgan fingerprint density at radius 1 is 1.50 bits per heavy atom. The molecule has 1 unspecified atom stereocenters. The minimum atomic E-state index is 0.332. The van der Waals surface area contributed by atoms with Crippen molar-refractivity contribution in [3.63, 3.8) is 0 Å². The van der Waals surface area contributed by atoms with Gasteiger partial charge in [0, 0.05) is 0 Å². The van der Waals surface area contributed by atoms with Crippen LogP contribution < -0.4 is 5.32 Å². The van der Waals surface area contributed by atoms with E-state index in [2.05, 4.69) is 19.2 Å². The predicted molar refractivity (Wildman–Crippen MR) is 50.2 cm³/mol. The lowest BCUT2D eigenvalue weighted by Gasteiger charge is -2.09. The van der Waals surface area contributed by atoms with Gasteiger partial charge in [-0.1, -0.05) is 6.92 Å².